The van der Waals surface area contributed by atoms with Crippen LogP contribution >= 0.6 is 0 Å². The van der Waals surface area contributed by atoms with E-state index in [-0.39, 0.29) is 23.4 Å². The summed E-state index contributed by atoms with van der Waals surface area (Å²) in [5, 5.41) is 18.7. The van der Waals surface area contributed by atoms with E-state index >= 15 is 0 Å². The van der Waals surface area contributed by atoms with Crippen LogP contribution in [0.3, 0.4) is 0 Å². The van der Waals surface area contributed by atoms with Gasteiger partial charge in [-0.2, -0.15) is 10.5 Å². The van der Waals surface area contributed by atoms with Crippen LogP contribution in [-0.4, -0.2) is 27.2 Å². The summed E-state index contributed by atoms with van der Waals surface area (Å²) in [6.45, 7) is 5.75. The van der Waals surface area contributed by atoms with E-state index in [4.69, 9.17) is 9.47 Å². The maximum Gasteiger partial charge on any atom is 0.338 e. The van der Waals surface area contributed by atoms with Crippen molar-refractivity contribution in [3.63, 3.8) is 0 Å². The predicted molar refractivity (Wildman–Crippen MR) is 95.3 cm³/mol. The van der Waals surface area contributed by atoms with Gasteiger partial charge in [0.15, 0.2) is 23.2 Å². The summed E-state index contributed by atoms with van der Waals surface area (Å²) >= 11 is 0. The van der Waals surface area contributed by atoms with Crippen molar-refractivity contribution >= 4 is 5.97 Å². The molecule has 2 aromatic rings. The zero-order valence-electron chi connectivity index (χ0n) is 15.4. The summed E-state index contributed by atoms with van der Waals surface area (Å²) in [7, 11) is 0. The van der Waals surface area contributed by atoms with Crippen LogP contribution < -0.4 is 0 Å². The van der Waals surface area contributed by atoms with Gasteiger partial charge in [-0.1, -0.05) is 32.0 Å². The van der Waals surface area contributed by atoms with E-state index in [1.165, 1.54) is 10.9 Å². The van der Waals surface area contributed by atoms with Crippen LogP contribution in [0.15, 0.2) is 36.7 Å². The fourth-order valence-corrected chi connectivity index (χ4v) is 3.51. The predicted octanol–water partition coefficient (Wildman–Crippen LogP) is 3.19. The van der Waals surface area contributed by atoms with Gasteiger partial charge in [0.2, 0.25) is 0 Å². The minimum Gasteiger partial charge on any atom is -0.451 e. The highest BCUT2D eigenvalue weighted by Gasteiger charge is 2.55. The third-order valence-electron chi connectivity index (χ3n) is 5.24. The molecule has 0 amide bonds. The van der Waals surface area contributed by atoms with Crippen LogP contribution in [-0.2, 0) is 9.47 Å². The van der Waals surface area contributed by atoms with Crippen molar-refractivity contribution in [3.05, 3.63) is 53.6 Å². The van der Waals surface area contributed by atoms with Gasteiger partial charge in [-0.3, -0.25) is 4.57 Å². The second-order valence-electron chi connectivity index (χ2n) is 6.74. The number of aromatic nitrogens is 2. The molecule has 7 nitrogen and oxygen atoms in total. The van der Waals surface area contributed by atoms with Crippen LogP contribution in [0.1, 0.15) is 55.2 Å². The van der Waals surface area contributed by atoms with Gasteiger partial charge >= 0.3 is 5.97 Å². The van der Waals surface area contributed by atoms with E-state index < -0.39 is 17.8 Å². The maximum absolute atomic E-state index is 12.7. The number of benzene rings is 1. The number of ether oxygens (including phenoxy) is 2. The largest absolute Gasteiger partial charge is 0.451 e. The van der Waals surface area contributed by atoms with Crippen molar-refractivity contribution in [1.82, 2.24) is 9.55 Å². The number of imidazole rings is 1. The Balaban J connectivity index is 2.02. The Labute approximate surface area is 157 Å². The van der Waals surface area contributed by atoms with Crippen molar-refractivity contribution in [3.8, 4) is 12.1 Å². The highest BCUT2D eigenvalue weighted by atomic mass is 16.6. The summed E-state index contributed by atoms with van der Waals surface area (Å²) in [6, 6.07) is 12.6. The van der Waals surface area contributed by atoms with Crippen molar-refractivity contribution in [1.29, 1.82) is 10.5 Å². The standard InChI is InChI=1S/C20H20N4O3/c1-4-17-13(2)20(3,27-18(25)14-8-6-5-7-9-14)19(26-17)24-12-23-15(10-21)16(24)11-22/h5-9,12-13,17,19H,4H2,1-3H3/t13-,17-,19-,20-/m1/s1. The Hall–Kier alpha value is -3.16. The van der Waals surface area contributed by atoms with Gasteiger partial charge in [-0.05, 0) is 25.5 Å². The summed E-state index contributed by atoms with van der Waals surface area (Å²) in [5.74, 6) is -0.589. The lowest BCUT2D eigenvalue weighted by atomic mass is 9.86. The first-order valence-corrected chi connectivity index (χ1v) is 8.77. The molecule has 1 aliphatic rings. The van der Waals surface area contributed by atoms with Crippen LogP contribution in [0.4, 0.5) is 0 Å². The van der Waals surface area contributed by atoms with Gasteiger partial charge in [-0.15, -0.1) is 0 Å². The summed E-state index contributed by atoms with van der Waals surface area (Å²) in [4.78, 5) is 16.7. The lowest BCUT2D eigenvalue weighted by molar-refractivity contribution is -0.0966. The summed E-state index contributed by atoms with van der Waals surface area (Å²) < 4.78 is 13.6. The average molecular weight is 364 g/mol. The normalized spacial score (nSPS) is 26.9. The molecule has 2 heterocycles. The lowest BCUT2D eigenvalue weighted by Crippen LogP contribution is -2.43. The molecule has 3 rings (SSSR count). The fourth-order valence-electron chi connectivity index (χ4n) is 3.51. The SMILES string of the molecule is CC[C@H]1O[C@@H](n2cnc(C#N)c2C#N)[C@](C)(OC(=O)c2ccccc2)[C@@H]1C. The molecule has 27 heavy (non-hydrogen) atoms. The van der Waals surface area contributed by atoms with Gasteiger partial charge in [0.1, 0.15) is 12.1 Å². The molecule has 0 unspecified atom stereocenters. The van der Waals surface area contributed by atoms with Gasteiger partial charge in [-0.25, -0.2) is 9.78 Å². The van der Waals surface area contributed by atoms with Crippen molar-refractivity contribution < 1.29 is 14.3 Å². The Kier molecular flexibility index (Phi) is 4.98. The molecule has 1 aliphatic heterocycles. The Morgan fingerprint density at radius 1 is 1.33 bits per heavy atom. The number of esters is 1. The third-order valence-corrected chi connectivity index (χ3v) is 5.24. The van der Waals surface area contributed by atoms with E-state index in [1.54, 1.807) is 31.2 Å². The van der Waals surface area contributed by atoms with Gasteiger partial charge in [0, 0.05) is 5.92 Å². The minimum absolute atomic E-state index is 0.0189. The highest BCUT2D eigenvalue weighted by molar-refractivity contribution is 5.89. The monoisotopic (exact) mass is 364 g/mol. The first-order valence-electron chi connectivity index (χ1n) is 8.77. The summed E-state index contributed by atoms with van der Waals surface area (Å²) in [5.41, 5.74) is -0.487. The van der Waals surface area contributed by atoms with Crippen LogP contribution in [0.5, 0.6) is 0 Å². The zero-order chi connectivity index (χ0) is 19.6. The third kappa shape index (κ3) is 3.07. The van der Waals surface area contributed by atoms with Crippen LogP contribution in [0.25, 0.3) is 0 Å². The number of carbonyl (C=O) groups excluding carboxylic acids is 1. The molecule has 0 spiro atoms. The number of hydrogen-bond acceptors (Lipinski definition) is 6. The van der Waals surface area contributed by atoms with Gasteiger partial charge in [0.25, 0.3) is 0 Å². The molecule has 0 aliphatic carbocycles. The van der Waals surface area contributed by atoms with Crippen molar-refractivity contribution in [2.75, 3.05) is 0 Å². The van der Waals surface area contributed by atoms with Crippen molar-refractivity contribution in [2.45, 2.75) is 45.1 Å². The average Bonchev–Trinajstić information content (AvgIpc) is 3.21. The second-order valence-corrected chi connectivity index (χ2v) is 6.74. The maximum atomic E-state index is 12.7. The van der Waals surface area contributed by atoms with E-state index in [9.17, 15) is 15.3 Å². The Morgan fingerprint density at radius 2 is 2.04 bits per heavy atom. The lowest BCUT2D eigenvalue weighted by Gasteiger charge is -2.34. The van der Waals surface area contributed by atoms with Crippen LogP contribution in [0.2, 0.25) is 0 Å². The number of nitriles is 2. The Morgan fingerprint density at radius 3 is 2.63 bits per heavy atom. The topological polar surface area (TPSA) is 101 Å². The van der Waals surface area contributed by atoms with Crippen LogP contribution in [0, 0.1) is 28.6 Å². The molecule has 138 valence electrons. The number of hydrogen-bond donors (Lipinski definition) is 0. The first kappa shape index (κ1) is 18.6. The smallest absolute Gasteiger partial charge is 0.338 e. The molecule has 0 N–H and O–H groups in total. The minimum atomic E-state index is -1.04. The van der Waals surface area contributed by atoms with E-state index in [0.29, 0.717) is 5.56 Å². The molecular formula is C20H20N4O3. The van der Waals surface area contributed by atoms with E-state index in [0.717, 1.165) is 6.42 Å². The van der Waals surface area contributed by atoms with Gasteiger partial charge in [0.05, 0.1) is 18.0 Å². The molecule has 4 atom stereocenters. The quantitative estimate of drug-likeness (QED) is 0.772. The zero-order valence-corrected chi connectivity index (χ0v) is 15.4. The molecule has 0 radical (unpaired) electrons. The molecule has 1 aromatic heterocycles. The number of carbonyl (C=O) groups is 1. The molecule has 7 heteroatoms. The highest BCUT2D eigenvalue weighted by Crippen LogP contribution is 2.47. The number of nitrogens with zero attached hydrogens (tertiary/aromatic N) is 4. The Bertz CT molecular complexity index is 925. The first-order chi connectivity index (χ1) is 13.0. The number of rotatable bonds is 4. The molecule has 1 saturated heterocycles. The molecule has 1 aromatic carbocycles. The van der Waals surface area contributed by atoms with Crippen molar-refractivity contribution in [2.24, 2.45) is 5.92 Å². The van der Waals surface area contributed by atoms with E-state index in [2.05, 4.69) is 4.98 Å². The fraction of sp³-hybridized carbons (Fsp3) is 0.400. The summed E-state index contributed by atoms with van der Waals surface area (Å²) in [6.07, 6.45) is 1.19. The van der Waals surface area contributed by atoms with Gasteiger partial charge < -0.3 is 9.47 Å². The molecule has 0 bridgehead atoms. The van der Waals surface area contributed by atoms with E-state index in [1.807, 2.05) is 32.1 Å². The second kappa shape index (κ2) is 7.22. The molecule has 0 saturated carbocycles. The molecule has 1 fully saturated rings. The molecular weight excluding hydrogens is 344 g/mol.